The molecule has 2 heterocycles. The fourth-order valence-electron chi connectivity index (χ4n) is 3.97. The monoisotopic (exact) mass is 276 g/mol. The van der Waals surface area contributed by atoms with E-state index in [-0.39, 0.29) is 0 Å². The molecule has 3 rings (SSSR count). The van der Waals surface area contributed by atoms with Gasteiger partial charge >= 0.3 is 0 Å². The van der Waals surface area contributed by atoms with E-state index >= 15 is 0 Å². The van der Waals surface area contributed by atoms with Crippen LogP contribution in [0.3, 0.4) is 0 Å². The zero-order chi connectivity index (χ0) is 13.8. The van der Waals surface area contributed by atoms with E-state index in [1.54, 1.807) is 0 Å². The normalized spacial score (nSPS) is 27.4. The third-order valence-electron chi connectivity index (χ3n) is 4.98. The van der Waals surface area contributed by atoms with Crippen molar-refractivity contribution in [2.24, 2.45) is 5.92 Å². The summed E-state index contributed by atoms with van der Waals surface area (Å²) in [4.78, 5) is 2.68. The summed E-state index contributed by atoms with van der Waals surface area (Å²) in [6.45, 7) is 6.23. The minimum atomic E-state index is 0.819. The molecule has 1 aromatic heterocycles. The van der Waals surface area contributed by atoms with Crippen molar-refractivity contribution in [2.75, 3.05) is 13.1 Å². The first-order valence-corrected chi connectivity index (χ1v) is 8.39. The van der Waals surface area contributed by atoms with Crippen molar-refractivity contribution < 1.29 is 4.42 Å². The summed E-state index contributed by atoms with van der Waals surface area (Å²) in [5.74, 6) is 3.16. The van der Waals surface area contributed by atoms with Crippen LogP contribution in [0, 0.1) is 5.92 Å². The number of nitrogens with zero attached hydrogens (tertiary/aromatic N) is 1. The summed E-state index contributed by atoms with van der Waals surface area (Å²) in [6, 6.07) is 5.11. The van der Waals surface area contributed by atoms with Gasteiger partial charge in [-0.1, -0.05) is 19.8 Å². The van der Waals surface area contributed by atoms with Crippen LogP contribution in [0.15, 0.2) is 16.5 Å². The van der Waals surface area contributed by atoms with Crippen LogP contribution in [-0.2, 0) is 13.1 Å². The molecule has 1 saturated heterocycles. The first kappa shape index (κ1) is 14.2. The standard InChI is InChI=1S/C17H28N2O/c1-2-18-12-15-9-10-16(20-15)13-19-11-5-7-14-6-3-4-8-17(14)19/h9-10,14,17-18H,2-8,11-13H2,1H3. The van der Waals surface area contributed by atoms with E-state index in [9.17, 15) is 0 Å². The molecule has 0 bridgehead atoms. The summed E-state index contributed by atoms with van der Waals surface area (Å²) in [5.41, 5.74) is 0. The Hall–Kier alpha value is -0.800. The molecule has 1 aliphatic carbocycles. The smallest absolute Gasteiger partial charge is 0.118 e. The summed E-state index contributed by atoms with van der Waals surface area (Å²) >= 11 is 0. The Balaban J connectivity index is 1.59. The average molecular weight is 276 g/mol. The van der Waals surface area contributed by atoms with Crippen LogP contribution < -0.4 is 5.32 Å². The molecule has 1 aromatic rings. The number of fused-ring (bicyclic) bond motifs is 1. The molecule has 3 nitrogen and oxygen atoms in total. The molecule has 2 unspecified atom stereocenters. The van der Waals surface area contributed by atoms with Gasteiger partial charge in [-0.25, -0.2) is 0 Å². The second-order valence-electron chi connectivity index (χ2n) is 6.37. The molecular weight excluding hydrogens is 248 g/mol. The first-order chi connectivity index (χ1) is 9.86. The largest absolute Gasteiger partial charge is 0.463 e. The lowest BCUT2D eigenvalue weighted by atomic mass is 9.78. The first-order valence-electron chi connectivity index (χ1n) is 8.39. The molecular formula is C17H28N2O. The van der Waals surface area contributed by atoms with Crippen molar-refractivity contribution in [3.63, 3.8) is 0 Å². The lowest BCUT2D eigenvalue weighted by molar-refractivity contribution is 0.0492. The molecule has 1 N–H and O–H groups in total. The van der Waals surface area contributed by atoms with Crippen molar-refractivity contribution in [1.82, 2.24) is 10.2 Å². The highest BCUT2D eigenvalue weighted by molar-refractivity contribution is 5.07. The quantitative estimate of drug-likeness (QED) is 0.891. The molecule has 20 heavy (non-hydrogen) atoms. The van der Waals surface area contributed by atoms with E-state index < -0.39 is 0 Å². The minimum absolute atomic E-state index is 0.819. The third kappa shape index (κ3) is 3.26. The molecule has 112 valence electrons. The van der Waals surface area contributed by atoms with Crippen LogP contribution >= 0.6 is 0 Å². The SMILES string of the molecule is CCNCc1ccc(CN2CCCC3CCCCC32)o1. The van der Waals surface area contributed by atoms with Crippen LogP contribution in [0.25, 0.3) is 0 Å². The summed E-state index contributed by atoms with van der Waals surface area (Å²) in [7, 11) is 0. The topological polar surface area (TPSA) is 28.4 Å². The Morgan fingerprint density at radius 1 is 1.15 bits per heavy atom. The Kier molecular flexibility index (Phi) is 4.79. The molecule has 2 aliphatic rings. The number of rotatable bonds is 5. The maximum Gasteiger partial charge on any atom is 0.118 e. The maximum absolute atomic E-state index is 5.96. The van der Waals surface area contributed by atoms with Crippen molar-refractivity contribution >= 4 is 0 Å². The van der Waals surface area contributed by atoms with E-state index in [1.165, 1.54) is 45.1 Å². The van der Waals surface area contributed by atoms with Crippen LogP contribution in [0.2, 0.25) is 0 Å². The van der Waals surface area contributed by atoms with Gasteiger partial charge in [-0.15, -0.1) is 0 Å². The fourth-order valence-corrected chi connectivity index (χ4v) is 3.97. The van der Waals surface area contributed by atoms with Gasteiger partial charge in [-0.3, -0.25) is 4.90 Å². The number of nitrogens with one attached hydrogen (secondary N) is 1. The van der Waals surface area contributed by atoms with Gasteiger partial charge in [-0.05, 0) is 56.8 Å². The zero-order valence-electron chi connectivity index (χ0n) is 12.7. The molecule has 0 amide bonds. The van der Waals surface area contributed by atoms with Gasteiger partial charge in [-0.2, -0.15) is 0 Å². The number of piperidine rings is 1. The Morgan fingerprint density at radius 3 is 2.85 bits per heavy atom. The van der Waals surface area contributed by atoms with Crippen molar-refractivity contribution in [2.45, 2.75) is 64.6 Å². The maximum atomic E-state index is 5.96. The number of furan rings is 1. The van der Waals surface area contributed by atoms with Crippen LogP contribution in [0.5, 0.6) is 0 Å². The summed E-state index contributed by atoms with van der Waals surface area (Å²) < 4.78 is 5.96. The van der Waals surface area contributed by atoms with E-state index in [4.69, 9.17) is 4.42 Å². The molecule has 0 aromatic carbocycles. The van der Waals surface area contributed by atoms with Crippen molar-refractivity contribution in [1.29, 1.82) is 0 Å². The highest BCUT2D eigenvalue weighted by atomic mass is 16.3. The number of hydrogen-bond acceptors (Lipinski definition) is 3. The average Bonchev–Trinajstić information content (AvgIpc) is 2.93. The molecule has 1 saturated carbocycles. The van der Waals surface area contributed by atoms with Crippen LogP contribution in [0.4, 0.5) is 0 Å². The molecule has 0 radical (unpaired) electrons. The number of hydrogen-bond donors (Lipinski definition) is 1. The minimum Gasteiger partial charge on any atom is -0.463 e. The lowest BCUT2D eigenvalue weighted by Gasteiger charge is -2.43. The molecule has 3 heteroatoms. The Labute approximate surface area is 122 Å². The molecule has 0 spiro atoms. The third-order valence-corrected chi connectivity index (χ3v) is 4.98. The lowest BCUT2D eigenvalue weighted by Crippen LogP contribution is -2.46. The Bertz CT molecular complexity index is 413. The van der Waals surface area contributed by atoms with Gasteiger partial charge in [0.1, 0.15) is 11.5 Å². The Morgan fingerprint density at radius 2 is 1.95 bits per heavy atom. The fraction of sp³-hybridized carbons (Fsp3) is 0.765. The second-order valence-corrected chi connectivity index (χ2v) is 6.37. The van der Waals surface area contributed by atoms with E-state index in [0.29, 0.717) is 0 Å². The molecule has 1 aliphatic heterocycles. The van der Waals surface area contributed by atoms with Crippen LogP contribution in [0.1, 0.15) is 57.0 Å². The summed E-state index contributed by atoms with van der Waals surface area (Å²) in [5, 5.41) is 3.32. The molecule has 2 fully saturated rings. The van der Waals surface area contributed by atoms with Crippen molar-refractivity contribution in [3.8, 4) is 0 Å². The predicted octanol–water partition coefficient (Wildman–Crippen LogP) is 3.54. The van der Waals surface area contributed by atoms with Gasteiger partial charge in [0.05, 0.1) is 13.1 Å². The van der Waals surface area contributed by atoms with E-state index in [0.717, 1.165) is 43.1 Å². The van der Waals surface area contributed by atoms with Gasteiger partial charge in [0.2, 0.25) is 0 Å². The second kappa shape index (κ2) is 6.77. The molecule has 2 atom stereocenters. The van der Waals surface area contributed by atoms with Crippen LogP contribution in [-0.4, -0.2) is 24.0 Å². The highest BCUT2D eigenvalue weighted by Gasteiger charge is 2.33. The predicted molar refractivity (Wildman–Crippen MR) is 81.5 cm³/mol. The van der Waals surface area contributed by atoms with E-state index in [1.807, 2.05) is 0 Å². The van der Waals surface area contributed by atoms with Gasteiger partial charge in [0, 0.05) is 6.04 Å². The van der Waals surface area contributed by atoms with Gasteiger partial charge in [0.25, 0.3) is 0 Å². The number of likely N-dealkylation sites (tertiary alicyclic amines) is 1. The van der Waals surface area contributed by atoms with Crippen molar-refractivity contribution in [3.05, 3.63) is 23.7 Å². The zero-order valence-corrected chi connectivity index (χ0v) is 12.7. The van der Waals surface area contributed by atoms with Gasteiger partial charge in [0.15, 0.2) is 0 Å². The van der Waals surface area contributed by atoms with E-state index in [2.05, 4.69) is 29.3 Å². The van der Waals surface area contributed by atoms with Gasteiger partial charge < -0.3 is 9.73 Å². The highest BCUT2D eigenvalue weighted by Crippen LogP contribution is 2.36. The summed E-state index contributed by atoms with van der Waals surface area (Å²) in [6.07, 6.45) is 8.53.